The summed E-state index contributed by atoms with van der Waals surface area (Å²) < 4.78 is 6.92. The molecule has 0 N–H and O–H groups in total. The quantitative estimate of drug-likeness (QED) is 0.566. The van der Waals surface area contributed by atoms with Crippen LogP contribution < -0.4 is 4.74 Å². The number of methoxy groups -OCH3 is 1. The van der Waals surface area contributed by atoms with Gasteiger partial charge in [-0.2, -0.15) is 0 Å². The van der Waals surface area contributed by atoms with E-state index < -0.39 is 0 Å². The van der Waals surface area contributed by atoms with E-state index in [2.05, 4.69) is 50.2 Å². The summed E-state index contributed by atoms with van der Waals surface area (Å²) in [6, 6.07) is 3.83. The Morgan fingerprint density at radius 1 is 1.40 bits per heavy atom. The van der Waals surface area contributed by atoms with Gasteiger partial charge in [0, 0.05) is 0 Å². The van der Waals surface area contributed by atoms with Crippen LogP contribution in [0.5, 0.6) is 5.75 Å². The van der Waals surface area contributed by atoms with E-state index >= 15 is 0 Å². The number of pyridine rings is 1. The zero-order valence-electron chi connectivity index (χ0n) is 5.27. The molecule has 0 unspecified atom stereocenters. The Labute approximate surface area is 86.7 Å². The Bertz CT molecular complexity index is 239. The van der Waals surface area contributed by atoms with Gasteiger partial charge in [-0.1, -0.05) is 0 Å². The molecule has 2 nitrogen and oxygen atoms in total. The average Bonchev–Trinajstić information content (AvgIpc) is 1.88. The minimum Gasteiger partial charge on any atom is -0.494 e. The molecule has 1 aromatic heterocycles. The molecule has 4 heteroatoms. The molecular formula is C6H5I2NO. The highest BCUT2D eigenvalue weighted by Crippen LogP contribution is 2.18. The molecule has 10 heavy (non-hydrogen) atoms. The Hall–Kier alpha value is 0.410. The van der Waals surface area contributed by atoms with Crippen molar-refractivity contribution in [2.45, 2.75) is 0 Å². The topological polar surface area (TPSA) is 22.1 Å². The van der Waals surface area contributed by atoms with Gasteiger partial charge >= 0.3 is 0 Å². The molecule has 1 aromatic rings. The van der Waals surface area contributed by atoms with E-state index in [4.69, 9.17) is 4.74 Å². The molecule has 0 aromatic carbocycles. The fraction of sp³-hybridized carbons (Fsp3) is 0.167. The van der Waals surface area contributed by atoms with E-state index in [0.29, 0.717) is 0 Å². The zero-order chi connectivity index (χ0) is 7.56. The first-order valence-corrected chi connectivity index (χ1v) is 4.76. The van der Waals surface area contributed by atoms with Gasteiger partial charge in [0.1, 0.15) is 7.40 Å². The summed E-state index contributed by atoms with van der Waals surface area (Å²) in [5.41, 5.74) is 0. The van der Waals surface area contributed by atoms with Crippen LogP contribution in [0.4, 0.5) is 0 Å². The molecule has 0 atom stereocenters. The SMILES string of the molecule is COc1ccc(I)nc1I. The molecular weight excluding hydrogens is 356 g/mol. The number of rotatable bonds is 1. The van der Waals surface area contributed by atoms with Crippen molar-refractivity contribution in [1.82, 2.24) is 4.98 Å². The molecule has 0 aliphatic rings. The molecule has 1 heterocycles. The maximum Gasteiger partial charge on any atom is 0.150 e. The van der Waals surface area contributed by atoms with Crippen molar-refractivity contribution in [1.29, 1.82) is 0 Å². The van der Waals surface area contributed by atoms with Gasteiger partial charge in [-0.15, -0.1) is 0 Å². The summed E-state index contributed by atoms with van der Waals surface area (Å²) in [5, 5.41) is 0. The van der Waals surface area contributed by atoms with Crippen LogP contribution in [0, 0.1) is 7.40 Å². The Morgan fingerprint density at radius 3 is 2.60 bits per heavy atom. The fourth-order valence-corrected chi connectivity index (χ4v) is 2.09. The highest BCUT2D eigenvalue weighted by molar-refractivity contribution is 14.1. The first kappa shape index (κ1) is 8.51. The normalized spacial score (nSPS) is 9.50. The molecule has 0 bridgehead atoms. The lowest BCUT2D eigenvalue weighted by Gasteiger charge is -2.00. The van der Waals surface area contributed by atoms with Crippen molar-refractivity contribution < 1.29 is 4.74 Å². The van der Waals surface area contributed by atoms with Crippen LogP contribution in [0.1, 0.15) is 0 Å². The van der Waals surface area contributed by atoms with E-state index in [1.165, 1.54) is 0 Å². The lowest BCUT2D eigenvalue weighted by Crippen LogP contribution is -1.90. The standard InChI is InChI=1S/C6H5I2NO/c1-10-4-2-3-5(7)9-6(4)8/h2-3H,1H3. The maximum atomic E-state index is 5.03. The van der Waals surface area contributed by atoms with Gasteiger partial charge in [0.25, 0.3) is 0 Å². The van der Waals surface area contributed by atoms with Crippen LogP contribution in [0.2, 0.25) is 0 Å². The second-order valence-corrected chi connectivity index (χ2v) is 3.75. The summed E-state index contributed by atoms with van der Waals surface area (Å²) in [7, 11) is 1.64. The average molecular weight is 361 g/mol. The predicted molar refractivity (Wildman–Crippen MR) is 56.2 cm³/mol. The first-order valence-electron chi connectivity index (χ1n) is 2.60. The van der Waals surface area contributed by atoms with Crippen LogP contribution in [0.15, 0.2) is 12.1 Å². The van der Waals surface area contributed by atoms with Crippen molar-refractivity contribution in [3.63, 3.8) is 0 Å². The minimum atomic E-state index is 0.834. The zero-order valence-corrected chi connectivity index (χ0v) is 9.58. The molecule has 0 saturated carbocycles. The van der Waals surface area contributed by atoms with Gasteiger partial charge in [-0.25, -0.2) is 4.98 Å². The summed E-state index contributed by atoms with van der Waals surface area (Å²) >= 11 is 4.31. The highest BCUT2D eigenvalue weighted by Gasteiger charge is 1.99. The van der Waals surface area contributed by atoms with Crippen molar-refractivity contribution >= 4 is 45.2 Å². The monoisotopic (exact) mass is 361 g/mol. The largest absolute Gasteiger partial charge is 0.494 e. The molecule has 0 spiro atoms. The summed E-state index contributed by atoms with van der Waals surface area (Å²) in [5.74, 6) is 0.834. The van der Waals surface area contributed by atoms with E-state index in [-0.39, 0.29) is 0 Å². The van der Waals surface area contributed by atoms with E-state index in [1.807, 2.05) is 12.1 Å². The second kappa shape index (κ2) is 3.70. The van der Waals surface area contributed by atoms with Crippen molar-refractivity contribution in [3.8, 4) is 5.75 Å². The van der Waals surface area contributed by atoms with Gasteiger partial charge in [0.15, 0.2) is 5.75 Å². The second-order valence-electron chi connectivity index (χ2n) is 1.63. The van der Waals surface area contributed by atoms with Crippen molar-refractivity contribution in [2.24, 2.45) is 0 Å². The number of hydrogen-bond donors (Lipinski definition) is 0. The highest BCUT2D eigenvalue weighted by atomic mass is 127. The fourth-order valence-electron chi connectivity index (χ4n) is 0.552. The number of halogens is 2. The molecule has 0 aliphatic heterocycles. The van der Waals surface area contributed by atoms with Gasteiger partial charge < -0.3 is 4.74 Å². The van der Waals surface area contributed by atoms with E-state index in [0.717, 1.165) is 13.2 Å². The minimum absolute atomic E-state index is 0.834. The van der Waals surface area contributed by atoms with Crippen molar-refractivity contribution in [3.05, 3.63) is 19.5 Å². The smallest absolute Gasteiger partial charge is 0.150 e. The molecule has 1 rings (SSSR count). The van der Waals surface area contributed by atoms with Crippen molar-refractivity contribution in [2.75, 3.05) is 7.11 Å². The van der Waals surface area contributed by atoms with Gasteiger partial charge in [0.05, 0.1) is 7.11 Å². The molecule has 0 radical (unpaired) electrons. The molecule has 0 saturated heterocycles. The van der Waals surface area contributed by atoms with Crippen LogP contribution >= 0.6 is 45.2 Å². The maximum absolute atomic E-state index is 5.03. The number of aromatic nitrogens is 1. The molecule has 54 valence electrons. The van der Waals surface area contributed by atoms with Gasteiger partial charge in [0.2, 0.25) is 0 Å². The number of ether oxygens (including phenoxy) is 1. The summed E-state index contributed by atoms with van der Waals surface area (Å²) in [6.07, 6.45) is 0. The molecule has 0 aliphatic carbocycles. The molecule has 0 fully saturated rings. The number of hydrogen-bond acceptors (Lipinski definition) is 2. The van der Waals surface area contributed by atoms with Crippen LogP contribution in [-0.2, 0) is 0 Å². The predicted octanol–water partition coefficient (Wildman–Crippen LogP) is 2.30. The van der Waals surface area contributed by atoms with E-state index in [1.54, 1.807) is 7.11 Å². The third-order valence-corrected chi connectivity index (χ3v) is 2.37. The Morgan fingerprint density at radius 2 is 2.10 bits per heavy atom. The van der Waals surface area contributed by atoms with Crippen LogP contribution in [-0.4, -0.2) is 12.1 Å². The Balaban J connectivity index is 3.07. The van der Waals surface area contributed by atoms with Gasteiger partial charge in [-0.3, -0.25) is 0 Å². The lowest BCUT2D eigenvalue weighted by atomic mass is 10.5. The first-order chi connectivity index (χ1) is 4.74. The number of nitrogens with zero attached hydrogens (tertiary/aromatic N) is 1. The Kier molecular flexibility index (Phi) is 3.15. The summed E-state index contributed by atoms with van der Waals surface area (Å²) in [6.45, 7) is 0. The third-order valence-electron chi connectivity index (χ3n) is 1.00. The summed E-state index contributed by atoms with van der Waals surface area (Å²) in [4.78, 5) is 4.19. The third kappa shape index (κ3) is 1.94. The van der Waals surface area contributed by atoms with Crippen LogP contribution in [0.3, 0.4) is 0 Å². The van der Waals surface area contributed by atoms with Crippen LogP contribution in [0.25, 0.3) is 0 Å². The lowest BCUT2D eigenvalue weighted by molar-refractivity contribution is 0.409. The van der Waals surface area contributed by atoms with Gasteiger partial charge in [-0.05, 0) is 57.3 Å². The molecule has 0 amide bonds. The van der Waals surface area contributed by atoms with E-state index in [9.17, 15) is 0 Å².